The van der Waals surface area contributed by atoms with Crippen molar-refractivity contribution in [3.8, 4) is 0 Å². The third-order valence-electron chi connectivity index (χ3n) is 5.55. The molecule has 0 saturated carbocycles. The number of hydrogen-bond donors (Lipinski definition) is 1. The highest BCUT2D eigenvalue weighted by Gasteiger charge is 2.42. The zero-order valence-electron chi connectivity index (χ0n) is 18.6. The van der Waals surface area contributed by atoms with Crippen LogP contribution in [-0.2, 0) is 25.4 Å². The van der Waals surface area contributed by atoms with Gasteiger partial charge in [-0.15, -0.1) is 0 Å². The van der Waals surface area contributed by atoms with Crippen LogP contribution in [0.15, 0.2) is 84.9 Å². The van der Waals surface area contributed by atoms with Crippen molar-refractivity contribution < 1.29 is 33.5 Å². The van der Waals surface area contributed by atoms with E-state index in [0.717, 1.165) is 11.0 Å². The van der Waals surface area contributed by atoms with Crippen LogP contribution < -0.4 is 5.46 Å². The minimum atomic E-state index is -0.865. The normalized spacial score (nSPS) is 14.9. The van der Waals surface area contributed by atoms with Gasteiger partial charge in [0.2, 0.25) is 0 Å². The molecule has 1 aliphatic rings. The lowest BCUT2D eigenvalue weighted by molar-refractivity contribution is -0.0708. The number of ether oxygens (including phenoxy) is 2. The van der Waals surface area contributed by atoms with E-state index in [-0.39, 0.29) is 33.0 Å². The summed E-state index contributed by atoms with van der Waals surface area (Å²) in [7, 11) is -0.615. The van der Waals surface area contributed by atoms with Crippen LogP contribution in [0.5, 0.6) is 0 Å². The summed E-state index contributed by atoms with van der Waals surface area (Å²) in [6.07, 6.45) is 0. The summed E-state index contributed by atoms with van der Waals surface area (Å²) in [6.45, 7) is 0.181. The van der Waals surface area contributed by atoms with Crippen molar-refractivity contribution in [2.75, 3.05) is 26.4 Å². The van der Waals surface area contributed by atoms with Crippen molar-refractivity contribution in [3.63, 3.8) is 0 Å². The van der Waals surface area contributed by atoms with E-state index in [9.17, 15) is 14.7 Å². The van der Waals surface area contributed by atoms with Gasteiger partial charge >= 0.3 is 19.1 Å². The smallest absolute Gasteiger partial charge is 0.461 e. The van der Waals surface area contributed by atoms with Gasteiger partial charge in [0.15, 0.2) is 0 Å². The highest BCUT2D eigenvalue weighted by atomic mass is 16.6. The lowest BCUT2D eigenvalue weighted by atomic mass is 9.75. The van der Waals surface area contributed by atoms with Gasteiger partial charge in [-0.1, -0.05) is 60.7 Å². The zero-order chi connectivity index (χ0) is 23.8. The van der Waals surface area contributed by atoms with Crippen LogP contribution in [0, 0.1) is 5.41 Å². The van der Waals surface area contributed by atoms with Crippen LogP contribution in [0.3, 0.4) is 0 Å². The van der Waals surface area contributed by atoms with E-state index in [1.807, 2.05) is 24.3 Å². The number of aliphatic hydroxyl groups excluding tert-OH is 1. The number of benzene rings is 3. The molecule has 0 bridgehead atoms. The minimum Gasteiger partial charge on any atom is -0.461 e. The van der Waals surface area contributed by atoms with Crippen LogP contribution in [-0.4, -0.2) is 50.6 Å². The maximum atomic E-state index is 12.5. The molecule has 0 aliphatic carbocycles. The van der Waals surface area contributed by atoms with Crippen molar-refractivity contribution in [1.82, 2.24) is 0 Å². The summed E-state index contributed by atoms with van der Waals surface area (Å²) in [5, 5.41) is 9.23. The van der Waals surface area contributed by atoms with E-state index in [4.69, 9.17) is 18.8 Å². The van der Waals surface area contributed by atoms with Crippen molar-refractivity contribution in [1.29, 1.82) is 0 Å². The molecule has 0 atom stereocenters. The molecule has 8 heteroatoms. The molecular weight excluding hydrogens is 435 g/mol. The summed E-state index contributed by atoms with van der Waals surface area (Å²) in [4.78, 5) is 25.0. The Balaban J connectivity index is 1.43. The van der Waals surface area contributed by atoms with E-state index in [2.05, 4.69) is 0 Å². The maximum absolute atomic E-state index is 12.5. The molecule has 0 aromatic heterocycles. The minimum absolute atomic E-state index is 0.0427. The van der Waals surface area contributed by atoms with Gasteiger partial charge in [-0.05, 0) is 35.3 Å². The van der Waals surface area contributed by atoms with Gasteiger partial charge < -0.3 is 23.9 Å². The van der Waals surface area contributed by atoms with Gasteiger partial charge in [0, 0.05) is 13.2 Å². The molecular formula is C26H25BO7. The SMILES string of the molecule is O=C(OCC1(COC(=O)c2ccccc2)COB(c2ccc(CO)cc2)OC1)c1ccccc1. The van der Waals surface area contributed by atoms with E-state index in [1.54, 1.807) is 60.7 Å². The Morgan fingerprint density at radius 3 is 1.68 bits per heavy atom. The molecule has 7 nitrogen and oxygen atoms in total. The Morgan fingerprint density at radius 1 is 0.765 bits per heavy atom. The lowest BCUT2D eigenvalue weighted by Gasteiger charge is -2.38. The number of esters is 2. The third-order valence-corrected chi connectivity index (χ3v) is 5.55. The predicted molar refractivity (Wildman–Crippen MR) is 126 cm³/mol. The molecule has 174 valence electrons. The van der Waals surface area contributed by atoms with Gasteiger partial charge in [0.25, 0.3) is 0 Å². The highest BCUT2D eigenvalue weighted by molar-refractivity contribution is 6.61. The number of rotatable bonds is 8. The van der Waals surface area contributed by atoms with Crippen molar-refractivity contribution in [2.45, 2.75) is 6.61 Å². The van der Waals surface area contributed by atoms with Crippen LogP contribution in [0.4, 0.5) is 0 Å². The van der Waals surface area contributed by atoms with E-state index in [0.29, 0.717) is 11.1 Å². The van der Waals surface area contributed by atoms with E-state index < -0.39 is 24.5 Å². The predicted octanol–water partition coefficient (Wildman–Crippen LogP) is 2.62. The first-order chi connectivity index (χ1) is 16.6. The molecule has 0 unspecified atom stereocenters. The van der Waals surface area contributed by atoms with Crippen LogP contribution in [0.25, 0.3) is 0 Å². The first-order valence-corrected chi connectivity index (χ1v) is 11.0. The second-order valence-electron chi connectivity index (χ2n) is 8.24. The highest BCUT2D eigenvalue weighted by Crippen LogP contribution is 2.26. The quantitative estimate of drug-likeness (QED) is 0.408. The molecule has 1 fully saturated rings. The Morgan fingerprint density at radius 2 is 1.24 bits per heavy atom. The number of aliphatic hydroxyl groups is 1. The fourth-order valence-electron chi connectivity index (χ4n) is 3.53. The molecule has 0 amide bonds. The summed E-state index contributed by atoms with van der Waals surface area (Å²) >= 11 is 0. The molecule has 1 N–H and O–H groups in total. The largest absolute Gasteiger partial charge is 0.493 e. The Labute approximate surface area is 198 Å². The molecule has 1 heterocycles. The summed E-state index contributed by atoms with van der Waals surface area (Å²) < 4.78 is 23.0. The molecule has 3 aromatic carbocycles. The van der Waals surface area contributed by atoms with Crippen molar-refractivity contribution >= 4 is 24.5 Å². The second-order valence-corrected chi connectivity index (χ2v) is 8.24. The Bertz CT molecular complexity index is 1020. The number of hydrogen-bond acceptors (Lipinski definition) is 7. The fourth-order valence-corrected chi connectivity index (χ4v) is 3.53. The molecule has 3 aromatic rings. The first-order valence-electron chi connectivity index (χ1n) is 11.0. The van der Waals surface area contributed by atoms with Gasteiger partial charge in [-0.25, -0.2) is 9.59 Å². The van der Waals surface area contributed by atoms with E-state index in [1.165, 1.54) is 0 Å². The fraction of sp³-hybridized carbons (Fsp3) is 0.231. The van der Waals surface area contributed by atoms with Crippen LogP contribution in [0.2, 0.25) is 0 Å². The summed E-state index contributed by atoms with van der Waals surface area (Å²) in [5.74, 6) is -0.952. The van der Waals surface area contributed by atoms with Crippen LogP contribution in [0.1, 0.15) is 26.3 Å². The Kier molecular flexibility index (Phi) is 7.74. The van der Waals surface area contributed by atoms with Gasteiger partial charge in [0.05, 0.1) is 23.1 Å². The average Bonchev–Trinajstić information content (AvgIpc) is 2.92. The van der Waals surface area contributed by atoms with Gasteiger partial charge in [0.1, 0.15) is 13.2 Å². The lowest BCUT2D eigenvalue weighted by Crippen LogP contribution is -2.53. The molecule has 34 heavy (non-hydrogen) atoms. The zero-order valence-corrected chi connectivity index (χ0v) is 18.6. The van der Waals surface area contributed by atoms with Crippen molar-refractivity contribution in [3.05, 3.63) is 102 Å². The Hall–Kier alpha value is -3.46. The second kappa shape index (κ2) is 11.1. The standard InChI is InChI=1S/C26H25BO7/c28-15-20-11-13-23(14-12-20)27-33-18-26(19-34-27,16-31-24(29)21-7-3-1-4-8-21)17-32-25(30)22-9-5-2-6-10-22/h1-14,28H,15-19H2. The third kappa shape index (κ3) is 5.91. The topological polar surface area (TPSA) is 91.3 Å². The van der Waals surface area contributed by atoms with Gasteiger partial charge in [-0.3, -0.25) is 0 Å². The average molecular weight is 460 g/mol. The number of carbonyl (C=O) groups excluding carboxylic acids is 2. The molecule has 1 saturated heterocycles. The number of carbonyl (C=O) groups is 2. The van der Waals surface area contributed by atoms with Crippen molar-refractivity contribution in [2.24, 2.45) is 5.41 Å². The van der Waals surface area contributed by atoms with Crippen LogP contribution >= 0.6 is 0 Å². The first kappa shape index (κ1) is 23.7. The molecule has 0 radical (unpaired) electrons. The molecule has 4 rings (SSSR count). The van der Waals surface area contributed by atoms with E-state index >= 15 is 0 Å². The molecule has 0 spiro atoms. The monoisotopic (exact) mass is 460 g/mol. The molecule has 1 aliphatic heterocycles. The van der Waals surface area contributed by atoms with Gasteiger partial charge in [-0.2, -0.15) is 0 Å². The maximum Gasteiger partial charge on any atom is 0.493 e. The summed E-state index contributed by atoms with van der Waals surface area (Å²) in [6, 6.07) is 24.6. The summed E-state index contributed by atoms with van der Waals surface area (Å²) in [5.41, 5.74) is 1.58.